The Labute approximate surface area is 140 Å². The Morgan fingerprint density at radius 3 is 2.62 bits per heavy atom. The summed E-state index contributed by atoms with van der Waals surface area (Å²) in [5, 5.41) is 22.7. The van der Waals surface area contributed by atoms with Gasteiger partial charge in [0, 0.05) is 38.4 Å². The molecule has 2 rings (SSSR count). The molecule has 0 atom stereocenters. The summed E-state index contributed by atoms with van der Waals surface area (Å²) in [5.41, 5.74) is -0.206. The summed E-state index contributed by atoms with van der Waals surface area (Å²) in [6.45, 7) is 6.28. The van der Waals surface area contributed by atoms with Crippen molar-refractivity contribution >= 4 is 17.3 Å². The molecule has 8 heteroatoms. The lowest BCUT2D eigenvalue weighted by Crippen LogP contribution is -2.44. The minimum absolute atomic E-state index is 0.0712. The van der Waals surface area contributed by atoms with E-state index in [1.807, 2.05) is 11.0 Å². The van der Waals surface area contributed by atoms with Crippen LogP contribution in [0, 0.1) is 21.4 Å². The van der Waals surface area contributed by atoms with Gasteiger partial charge in [-0.3, -0.25) is 14.9 Å². The topological polar surface area (TPSA) is 103 Å². The van der Waals surface area contributed by atoms with E-state index in [9.17, 15) is 20.2 Å². The predicted molar refractivity (Wildman–Crippen MR) is 89.1 cm³/mol. The highest BCUT2D eigenvalue weighted by Crippen LogP contribution is 2.23. The number of benzene rings is 1. The van der Waals surface area contributed by atoms with Gasteiger partial charge in [0.15, 0.2) is 0 Å². The molecule has 1 fully saturated rings. The molecule has 1 N–H and O–H groups in total. The largest absolute Gasteiger partial charge is 0.374 e. The molecule has 0 radical (unpaired) electrons. The third kappa shape index (κ3) is 4.30. The quantitative estimate of drug-likeness (QED) is 0.381. The van der Waals surface area contributed by atoms with Crippen molar-refractivity contribution in [1.82, 2.24) is 9.80 Å². The molecule has 24 heavy (non-hydrogen) atoms. The van der Waals surface area contributed by atoms with Crippen LogP contribution in [0.5, 0.6) is 0 Å². The molecule has 1 aromatic carbocycles. The number of likely N-dealkylation sites (N-methyl/N-ethyl adjacent to an activating group) is 1. The molecule has 1 saturated heterocycles. The van der Waals surface area contributed by atoms with Crippen LogP contribution in [0.3, 0.4) is 0 Å². The molecule has 8 nitrogen and oxygen atoms in total. The number of para-hydroxylation sites is 2. The number of amides is 1. The van der Waals surface area contributed by atoms with Crippen LogP contribution >= 0.6 is 0 Å². The first-order valence-corrected chi connectivity index (χ1v) is 7.68. The van der Waals surface area contributed by atoms with Crippen molar-refractivity contribution in [3.8, 4) is 6.07 Å². The minimum atomic E-state index is -0.648. The third-order valence-corrected chi connectivity index (χ3v) is 3.88. The van der Waals surface area contributed by atoms with Crippen molar-refractivity contribution in [2.45, 2.75) is 6.92 Å². The maximum Gasteiger partial charge on any atom is 0.292 e. The molecule has 0 spiro atoms. The van der Waals surface area contributed by atoms with Crippen LogP contribution in [0.15, 0.2) is 36.0 Å². The van der Waals surface area contributed by atoms with E-state index < -0.39 is 10.8 Å². The fourth-order valence-corrected chi connectivity index (χ4v) is 2.46. The number of nitriles is 1. The van der Waals surface area contributed by atoms with Gasteiger partial charge in [0.1, 0.15) is 17.3 Å². The molecule has 0 unspecified atom stereocenters. The van der Waals surface area contributed by atoms with E-state index >= 15 is 0 Å². The normalized spacial score (nSPS) is 15.7. The highest BCUT2D eigenvalue weighted by molar-refractivity contribution is 6.07. The number of rotatable bonds is 5. The van der Waals surface area contributed by atoms with E-state index in [1.165, 1.54) is 24.4 Å². The molecular weight excluding hydrogens is 310 g/mol. The maximum absolute atomic E-state index is 12.3. The van der Waals surface area contributed by atoms with Gasteiger partial charge in [0.25, 0.3) is 11.6 Å². The number of hydrogen-bond acceptors (Lipinski definition) is 6. The first kappa shape index (κ1) is 17.4. The van der Waals surface area contributed by atoms with Gasteiger partial charge in [-0.25, -0.2) is 0 Å². The zero-order valence-corrected chi connectivity index (χ0v) is 13.4. The van der Waals surface area contributed by atoms with E-state index in [0.717, 1.165) is 32.7 Å². The van der Waals surface area contributed by atoms with Crippen LogP contribution < -0.4 is 5.32 Å². The molecule has 1 aromatic rings. The number of nitrogens with zero attached hydrogens (tertiary/aromatic N) is 4. The fraction of sp³-hybridized carbons (Fsp3) is 0.375. The molecular formula is C16H19N5O3. The summed E-state index contributed by atoms with van der Waals surface area (Å²) < 4.78 is 0. The Morgan fingerprint density at radius 2 is 2.04 bits per heavy atom. The summed E-state index contributed by atoms with van der Waals surface area (Å²) >= 11 is 0. The van der Waals surface area contributed by atoms with Gasteiger partial charge < -0.3 is 15.1 Å². The molecule has 1 heterocycles. The number of nitrogens with one attached hydrogen (secondary N) is 1. The van der Waals surface area contributed by atoms with Crippen molar-refractivity contribution < 1.29 is 9.72 Å². The number of piperazine rings is 1. The average molecular weight is 329 g/mol. The lowest BCUT2D eigenvalue weighted by Gasteiger charge is -2.33. The summed E-state index contributed by atoms with van der Waals surface area (Å²) in [6, 6.07) is 7.71. The Kier molecular flexibility index (Phi) is 5.87. The summed E-state index contributed by atoms with van der Waals surface area (Å²) in [6.07, 6.45) is 1.52. The average Bonchev–Trinajstić information content (AvgIpc) is 2.60. The standard InChI is InChI=1S/C16H19N5O3/c1-2-19-7-9-20(10-8-19)12-13(11-17)16(22)18-14-5-3-4-6-15(14)21(23)24/h3-6,12H,2,7-10H2,1H3,(H,18,22)/b13-12-. The van der Waals surface area contributed by atoms with E-state index in [0.29, 0.717) is 0 Å². The second kappa shape index (κ2) is 8.08. The molecule has 0 aromatic heterocycles. The third-order valence-electron chi connectivity index (χ3n) is 3.88. The summed E-state index contributed by atoms with van der Waals surface area (Å²) in [5.74, 6) is -0.648. The number of hydrogen-bond donors (Lipinski definition) is 1. The molecule has 1 amide bonds. The highest BCUT2D eigenvalue weighted by atomic mass is 16.6. The molecule has 1 aliphatic heterocycles. The fourth-order valence-electron chi connectivity index (χ4n) is 2.46. The van der Waals surface area contributed by atoms with Crippen molar-refractivity contribution in [1.29, 1.82) is 5.26 Å². The maximum atomic E-state index is 12.3. The number of anilines is 1. The van der Waals surface area contributed by atoms with Crippen LogP contribution in [0.4, 0.5) is 11.4 Å². The molecule has 1 aliphatic rings. The van der Waals surface area contributed by atoms with Gasteiger partial charge in [-0.2, -0.15) is 5.26 Å². The summed E-state index contributed by atoms with van der Waals surface area (Å²) in [4.78, 5) is 26.9. The van der Waals surface area contributed by atoms with Crippen LogP contribution in [0.1, 0.15) is 6.92 Å². The zero-order chi connectivity index (χ0) is 17.5. The zero-order valence-electron chi connectivity index (χ0n) is 13.4. The van der Waals surface area contributed by atoms with Gasteiger partial charge in [-0.05, 0) is 12.6 Å². The Hall–Kier alpha value is -2.92. The van der Waals surface area contributed by atoms with Crippen LogP contribution in [0.2, 0.25) is 0 Å². The van der Waals surface area contributed by atoms with Gasteiger partial charge in [0.05, 0.1) is 4.92 Å². The van der Waals surface area contributed by atoms with E-state index in [2.05, 4.69) is 17.1 Å². The molecule has 0 aliphatic carbocycles. The number of carbonyl (C=O) groups is 1. The van der Waals surface area contributed by atoms with Crippen LogP contribution in [0.25, 0.3) is 0 Å². The number of nitro benzene ring substituents is 1. The second-order valence-corrected chi connectivity index (χ2v) is 5.35. The lowest BCUT2D eigenvalue weighted by molar-refractivity contribution is -0.383. The Balaban J connectivity index is 2.09. The number of nitro groups is 1. The minimum Gasteiger partial charge on any atom is -0.374 e. The molecule has 0 bridgehead atoms. The first-order valence-electron chi connectivity index (χ1n) is 7.68. The van der Waals surface area contributed by atoms with E-state index in [4.69, 9.17) is 0 Å². The number of carbonyl (C=O) groups excluding carboxylic acids is 1. The van der Waals surface area contributed by atoms with Gasteiger partial charge in [-0.1, -0.05) is 19.1 Å². The van der Waals surface area contributed by atoms with Gasteiger partial charge in [0.2, 0.25) is 0 Å². The SMILES string of the molecule is CCN1CCN(/C=C(/C#N)C(=O)Nc2ccccc2[N+](=O)[O-])CC1. The predicted octanol–water partition coefficient (Wildman–Crippen LogP) is 1.58. The lowest BCUT2D eigenvalue weighted by atomic mass is 10.2. The van der Waals surface area contributed by atoms with E-state index in [1.54, 1.807) is 6.07 Å². The van der Waals surface area contributed by atoms with Crippen LogP contribution in [-0.4, -0.2) is 53.4 Å². The Bertz CT molecular complexity index is 687. The van der Waals surface area contributed by atoms with Gasteiger partial charge >= 0.3 is 0 Å². The summed E-state index contributed by atoms with van der Waals surface area (Å²) in [7, 11) is 0. The Morgan fingerprint density at radius 1 is 1.38 bits per heavy atom. The first-order chi connectivity index (χ1) is 11.5. The van der Waals surface area contributed by atoms with Gasteiger partial charge in [-0.15, -0.1) is 0 Å². The van der Waals surface area contributed by atoms with Crippen molar-refractivity contribution in [2.24, 2.45) is 0 Å². The van der Waals surface area contributed by atoms with Crippen LogP contribution in [-0.2, 0) is 4.79 Å². The molecule has 0 saturated carbocycles. The molecule has 126 valence electrons. The highest BCUT2D eigenvalue weighted by Gasteiger charge is 2.19. The van der Waals surface area contributed by atoms with Crippen molar-refractivity contribution in [3.63, 3.8) is 0 Å². The van der Waals surface area contributed by atoms with Crippen molar-refractivity contribution in [2.75, 3.05) is 38.0 Å². The smallest absolute Gasteiger partial charge is 0.292 e. The van der Waals surface area contributed by atoms with E-state index in [-0.39, 0.29) is 16.9 Å². The second-order valence-electron chi connectivity index (χ2n) is 5.35. The monoisotopic (exact) mass is 329 g/mol. The van der Waals surface area contributed by atoms with Crippen molar-refractivity contribution in [3.05, 3.63) is 46.2 Å².